The van der Waals surface area contributed by atoms with Crippen molar-refractivity contribution in [2.24, 2.45) is 0 Å². The molecule has 2 N–H and O–H groups in total. The first-order valence-electron chi connectivity index (χ1n) is 5.40. The van der Waals surface area contributed by atoms with Gasteiger partial charge in [0.25, 0.3) is 5.91 Å². The summed E-state index contributed by atoms with van der Waals surface area (Å²) in [7, 11) is 0. The maximum atomic E-state index is 12.2. The van der Waals surface area contributed by atoms with E-state index in [0.29, 0.717) is 10.6 Å². The molecule has 0 aromatic heterocycles. The fourth-order valence-corrected chi connectivity index (χ4v) is 2.10. The summed E-state index contributed by atoms with van der Waals surface area (Å²) in [6.45, 7) is 2.14. The minimum absolute atomic E-state index is 0.159. The molecule has 0 radical (unpaired) electrons. The number of hydrogen-bond donors (Lipinski definition) is 2. The van der Waals surface area contributed by atoms with Crippen LogP contribution in [-0.2, 0) is 0 Å². The van der Waals surface area contributed by atoms with Crippen LogP contribution in [0.3, 0.4) is 0 Å². The Labute approximate surface area is 104 Å². The third kappa shape index (κ3) is 2.44. The molecule has 1 amide bonds. The van der Waals surface area contributed by atoms with E-state index in [1.54, 1.807) is 18.2 Å². The molecular formula is C12H14ClNO3. The molecule has 1 saturated heterocycles. The number of benzene rings is 1. The van der Waals surface area contributed by atoms with Crippen LogP contribution >= 0.6 is 11.6 Å². The van der Waals surface area contributed by atoms with Crippen molar-refractivity contribution in [1.82, 2.24) is 4.90 Å². The molecule has 92 valence electrons. The fourth-order valence-electron chi connectivity index (χ4n) is 1.93. The van der Waals surface area contributed by atoms with Gasteiger partial charge < -0.3 is 15.1 Å². The molecule has 1 aliphatic heterocycles. The molecule has 0 saturated carbocycles. The second-order valence-corrected chi connectivity index (χ2v) is 4.74. The topological polar surface area (TPSA) is 60.8 Å². The summed E-state index contributed by atoms with van der Waals surface area (Å²) in [4.78, 5) is 13.6. The third-order valence-corrected chi connectivity index (χ3v) is 3.21. The number of aryl methyl sites for hydroxylation is 1. The normalized spacial score (nSPS) is 24.1. The van der Waals surface area contributed by atoms with E-state index in [2.05, 4.69) is 0 Å². The molecule has 0 spiro atoms. The van der Waals surface area contributed by atoms with Crippen molar-refractivity contribution in [2.45, 2.75) is 19.1 Å². The Balaban J connectivity index is 2.23. The van der Waals surface area contributed by atoms with Crippen LogP contribution in [0.4, 0.5) is 0 Å². The van der Waals surface area contributed by atoms with Gasteiger partial charge in [-0.15, -0.1) is 0 Å². The lowest BCUT2D eigenvalue weighted by Crippen LogP contribution is -2.30. The van der Waals surface area contributed by atoms with Crippen LogP contribution in [0, 0.1) is 6.92 Å². The predicted molar refractivity (Wildman–Crippen MR) is 64.1 cm³/mol. The van der Waals surface area contributed by atoms with Crippen LogP contribution in [-0.4, -0.2) is 46.3 Å². The summed E-state index contributed by atoms with van der Waals surface area (Å²) in [5, 5.41) is 19.3. The van der Waals surface area contributed by atoms with Crippen molar-refractivity contribution >= 4 is 17.5 Å². The van der Waals surface area contributed by atoms with Gasteiger partial charge in [-0.2, -0.15) is 0 Å². The number of hydrogen-bond acceptors (Lipinski definition) is 3. The van der Waals surface area contributed by atoms with Gasteiger partial charge in [-0.3, -0.25) is 4.79 Å². The highest BCUT2D eigenvalue weighted by Gasteiger charge is 2.33. The summed E-state index contributed by atoms with van der Waals surface area (Å²) in [6, 6.07) is 5.11. The highest BCUT2D eigenvalue weighted by atomic mass is 35.5. The minimum Gasteiger partial charge on any atom is -0.388 e. The molecule has 17 heavy (non-hydrogen) atoms. The molecule has 1 fully saturated rings. The number of amides is 1. The first kappa shape index (κ1) is 12.4. The smallest absolute Gasteiger partial charge is 0.254 e. The van der Waals surface area contributed by atoms with E-state index in [0.717, 1.165) is 5.56 Å². The van der Waals surface area contributed by atoms with Crippen molar-refractivity contribution in [1.29, 1.82) is 0 Å². The van der Waals surface area contributed by atoms with E-state index in [1.807, 2.05) is 6.92 Å². The Bertz CT molecular complexity index is 439. The summed E-state index contributed by atoms with van der Waals surface area (Å²) in [6.07, 6.45) is -1.73. The number of aliphatic hydroxyl groups excluding tert-OH is 2. The maximum Gasteiger partial charge on any atom is 0.254 e. The molecule has 0 aliphatic carbocycles. The lowest BCUT2D eigenvalue weighted by atomic mass is 10.1. The van der Waals surface area contributed by atoms with Gasteiger partial charge in [-0.1, -0.05) is 17.7 Å². The van der Waals surface area contributed by atoms with Gasteiger partial charge in [0.15, 0.2) is 0 Å². The Morgan fingerprint density at radius 1 is 1.35 bits per heavy atom. The monoisotopic (exact) mass is 255 g/mol. The quantitative estimate of drug-likeness (QED) is 0.781. The van der Waals surface area contributed by atoms with E-state index < -0.39 is 12.2 Å². The zero-order valence-corrected chi connectivity index (χ0v) is 10.2. The maximum absolute atomic E-state index is 12.2. The van der Waals surface area contributed by atoms with Crippen molar-refractivity contribution < 1.29 is 15.0 Å². The molecule has 1 heterocycles. The first-order valence-corrected chi connectivity index (χ1v) is 5.78. The van der Waals surface area contributed by atoms with Gasteiger partial charge in [0.1, 0.15) is 0 Å². The lowest BCUT2D eigenvalue weighted by Gasteiger charge is -2.16. The van der Waals surface area contributed by atoms with Gasteiger partial charge in [-0.25, -0.2) is 0 Å². The van der Waals surface area contributed by atoms with E-state index >= 15 is 0 Å². The van der Waals surface area contributed by atoms with Crippen LogP contribution in [0.25, 0.3) is 0 Å². The van der Waals surface area contributed by atoms with E-state index in [9.17, 15) is 15.0 Å². The molecule has 0 unspecified atom stereocenters. The van der Waals surface area contributed by atoms with E-state index in [-0.39, 0.29) is 19.0 Å². The number of rotatable bonds is 1. The van der Waals surface area contributed by atoms with Crippen molar-refractivity contribution in [2.75, 3.05) is 13.1 Å². The van der Waals surface area contributed by atoms with Crippen LogP contribution in [0.1, 0.15) is 15.9 Å². The summed E-state index contributed by atoms with van der Waals surface area (Å²) in [5.41, 5.74) is 1.34. The Morgan fingerprint density at radius 3 is 2.53 bits per heavy atom. The minimum atomic E-state index is -0.863. The first-order chi connectivity index (χ1) is 7.99. The standard InChI is InChI=1S/C12H14ClNO3/c1-7-2-3-8(13)4-9(7)12(17)14-5-10(15)11(16)6-14/h2-4,10-11,15-16H,5-6H2,1H3/t10-,11+. The average Bonchev–Trinajstić information content (AvgIpc) is 2.62. The predicted octanol–water partition coefficient (Wildman–Crippen LogP) is 0.826. The SMILES string of the molecule is Cc1ccc(Cl)cc1C(=O)N1C[C@@H](O)[C@@H](O)C1. The van der Waals surface area contributed by atoms with Gasteiger partial charge in [-0.05, 0) is 24.6 Å². The van der Waals surface area contributed by atoms with Crippen LogP contribution in [0.2, 0.25) is 5.02 Å². The molecule has 2 rings (SSSR count). The third-order valence-electron chi connectivity index (χ3n) is 2.98. The molecule has 1 aromatic rings. The highest BCUT2D eigenvalue weighted by Crippen LogP contribution is 2.20. The molecule has 0 bridgehead atoms. The van der Waals surface area contributed by atoms with Gasteiger partial charge in [0.05, 0.1) is 12.2 Å². The number of carbonyl (C=O) groups is 1. The number of carbonyl (C=O) groups excluding carboxylic acids is 1. The van der Waals surface area contributed by atoms with Crippen molar-refractivity contribution in [3.63, 3.8) is 0 Å². The number of nitrogens with zero attached hydrogens (tertiary/aromatic N) is 1. The summed E-state index contributed by atoms with van der Waals surface area (Å²) in [5.74, 6) is -0.208. The van der Waals surface area contributed by atoms with Gasteiger partial charge >= 0.3 is 0 Å². The molecule has 2 atom stereocenters. The molecule has 5 heteroatoms. The summed E-state index contributed by atoms with van der Waals surface area (Å²) < 4.78 is 0. The second-order valence-electron chi connectivity index (χ2n) is 4.30. The number of β-amino-alcohol motifs (C(OH)–C–C–N with tert-alkyl or cyclic N) is 2. The molecule has 4 nitrogen and oxygen atoms in total. The van der Waals surface area contributed by atoms with Crippen molar-refractivity contribution in [3.05, 3.63) is 34.3 Å². The summed E-state index contributed by atoms with van der Waals surface area (Å²) >= 11 is 5.86. The fraction of sp³-hybridized carbons (Fsp3) is 0.417. The Kier molecular flexibility index (Phi) is 3.38. The van der Waals surface area contributed by atoms with Crippen LogP contribution < -0.4 is 0 Å². The van der Waals surface area contributed by atoms with Crippen LogP contribution in [0.15, 0.2) is 18.2 Å². The number of aliphatic hydroxyl groups is 2. The number of halogens is 1. The largest absolute Gasteiger partial charge is 0.388 e. The van der Waals surface area contributed by atoms with Gasteiger partial charge in [0, 0.05) is 23.7 Å². The van der Waals surface area contributed by atoms with Gasteiger partial charge in [0.2, 0.25) is 0 Å². The van der Waals surface area contributed by atoms with E-state index in [1.165, 1.54) is 4.90 Å². The second kappa shape index (κ2) is 4.64. The van der Waals surface area contributed by atoms with Crippen molar-refractivity contribution in [3.8, 4) is 0 Å². The molecule has 1 aliphatic rings. The lowest BCUT2D eigenvalue weighted by molar-refractivity contribution is 0.0572. The number of likely N-dealkylation sites (tertiary alicyclic amines) is 1. The van der Waals surface area contributed by atoms with E-state index in [4.69, 9.17) is 11.6 Å². The highest BCUT2D eigenvalue weighted by molar-refractivity contribution is 6.31. The zero-order valence-electron chi connectivity index (χ0n) is 9.43. The zero-order chi connectivity index (χ0) is 12.6. The molecule has 1 aromatic carbocycles. The molecular weight excluding hydrogens is 242 g/mol. The Hall–Kier alpha value is -1.10. The van der Waals surface area contributed by atoms with Crippen LogP contribution in [0.5, 0.6) is 0 Å². The Morgan fingerprint density at radius 2 is 1.94 bits per heavy atom. The average molecular weight is 256 g/mol.